The fourth-order valence-electron chi connectivity index (χ4n) is 0. The van der Waals surface area contributed by atoms with E-state index in [4.69, 9.17) is 19.2 Å². The van der Waals surface area contributed by atoms with E-state index in [9.17, 15) is 0 Å². The second-order valence-electron chi connectivity index (χ2n) is 0.513. The molecule has 0 aromatic rings. The van der Waals surface area contributed by atoms with Crippen molar-refractivity contribution < 1.29 is 45.4 Å². The van der Waals surface area contributed by atoms with Gasteiger partial charge in [-0.2, -0.15) is 0 Å². The molecule has 0 spiro atoms. The summed E-state index contributed by atoms with van der Waals surface area (Å²) in [4.78, 5) is 21.6. The van der Waals surface area contributed by atoms with Gasteiger partial charge in [0.1, 0.15) is 0 Å². The number of hydrogen-bond acceptors (Lipinski definition) is 1. The quantitative estimate of drug-likeness (QED) is 0.330. The third-order valence-electron chi connectivity index (χ3n) is 0. The Morgan fingerprint density at radius 2 is 1.12 bits per heavy atom. The molecule has 3 N–H and O–H groups in total. The molecular formula is H6CaNaO4PZr. The summed E-state index contributed by atoms with van der Waals surface area (Å²) in [5, 5.41) is 0. The maximum atomic E-state index is 8.88. The van der Waals surface area contributed by atoms with Crippen LogP contribution in [0, 0.1) is 0 Å². The Balaban J connectivity index is -0.0000000267. The zero-order valence-corrected chi connectivity index (χ0v) is 6.05. The molecule has 0 bridgehead atoms. The molecule has 0 aromatic heterocycles. The third-order valence-corrected chi connectivity index (χ3v) is 0. The molecule has 0 amide bonds. The van der Waals surface area contributed by atoms with Crippen molar-refractivity contribution in [1.82, 2.24) is 0 Å². The molecule has 0 aliphatic rings. The Hall–Kier alpha value is 3.25. The van der Waals surface area contributed by atoms with Gasteiger partial charge in [-0.3, -0.25) is 0 Å². The summed E-state index contributed by atoms with van der Waals surface area (Å²) in [6, 6.07) is 0. The predicted molar refractivity (Wildman–Crippen MR) is 30.0 cm³/mol. The van der Waals surface area contributed by atoms with Crippen molar-refractivity contribution in [2.24, 2.45) is 0 Å². The van der Waals surface area contributed by atoms with Crippen molar-refractivity contribution in [2.45, 2.75) is 0 Å². The average Bonchev–Trinajstić information content (AvgIpc) is 0.722. The van der Waals surface area contributed by atoms with Crippen LogP contribution in [0.4, 0.5) is 0 Å². The second-order valence-corrected chi connectivity index (χ2v) is 1.54. The summed E-state index contributed by atoms with van der Waals surface area (Å²) in [6.07, 6.45) is 0. The van der Waals surface area contributed by atoms with E-state index in [0.717, 1.165) is 0 Å². The van der Waals surface area contributed by atoms with Crippen LogP contribution in [-0.4, -0.2) is 82.0 Å². The van der Waals surface area contributed by atoms with Gasteiger partial charge in [-0.15, -0.1) is 0 Å². The van der Waals surface area contributed by atoms with E-state index < -0.39 is 7.82 Å². The minimum atomic E-state index is -4.64. The van der Waals surface area contributed by atoms with Crippen LogP contribution in [0.5, 0.6) is 0 Å². The molecule has 8 heavy (non-hydrogen) atoms. The first kappa shape index (κ1) is 22.5. The van der Waals surface area contributed by atoms with Crippen LogP contribution < -0.4 is 0 Å². The largest absolute Gasteiger partial charge is 0 e. The van der Waals surface area contributed by atoms with Gasteiger partial charge in [0.15, 0.2) is 0 Å². The van der Waals surface area contributed by atoms with Crippen molar-refractivity contribution in [3.63, 3.8) is 0 Å². The zero-order chi connectivity index (χ0) is 4.50. The Kier molecular flexibility index (Phi) is 28.8. The van der Waals surface area contributed by atoms with E-state index in [1.807, 2.05) is 0 Å². The van der Waals surface area contributed by atoms with Crippen molar-refractivity contribution in [1.29, 1.82) is 0 Å². The Morgan fingerprint density at radius 3 is 1.12 bits per heavy atom. The number of phosphoric acid groups is 1. The van der Waals surface area contributed by atoms with Crippen LogP contribution in [-0.2, 0) is 30.8 Å². The van der Waals surface area contributed by atoms with E-state index in [2.05, 4.69) is 0 Å². The van der Waals surface area contributed by atoms with Gasteiger partial charge in [0.25, 0.3) is 0 Å². The fourth-order valence-corrected chi connectivity index (χ4v) is 0. The first-order valence-corrected chi connectivity index (χ1v) is 2.35. The van der Waals surface area contributed by atoms with E-state index in [1.165, 1.54) is 0 Å². The maximum absolute atomic E-state index is 8.88. The average molecular weight is 255 g/mol. The molecule has 0 heterocycles. The van der Waals surface area contributed by atoms with Gasteiger partial charge in [-0.05, 0) is 0 Å². The molecule has 0 aliphatic heterocycles. The fraction of sp³-hybridized carbons (Fsp3) is 0. The van der Waals surface area contributed by atoms with Crippen LogP contribution in [0.1, 0.15) is 0 Å². The smallest absolute Gasteiger partial charge is 0 e. The van der Waals surface area contributed by atoms with E-state index in [1.54, 1.807) is 0 Å². The van der Waals surface area contributed by atoms with Gasteiger partial charge in [-0.25, -0.2) is 4.57 Å². The third kappa shape index (κ3) is 59.6. The molecular weight excluding hydrogens is 249 g/mol. The Morgan fingerprint density at radius 1 is 1.12 bits per heavy atom. The maximum Gasteiger partial charge on any atom is 0 e. The molecule has 8 heteroatoms. The van der Waals surface area contributed by atoms with Crippen LogP contribution >= 0.6 is 7.82 Å². The van der Waals surface area contributed by atoms with Gasteiger partial charge >= 0.3 is 75.1 Å². The van der Waals surface area contributed by atoms with Crippen molar-refractivity contribution in [3.05, 3.63) is 0 Å². The van der Waals surface area contributed by atoms with E-state index in [0.29, 0.717) is 0 Å². The monoisotopic (exact) mass is 254 g/mol. The second kappa shape index (κ2) is 10.3. The SMILES string of the molecule is O=P(O)(O)O.[CaH2].[NaH].[Zr]. The van der Waals surface area contributed by atoms with Gasteiger partial charge < -0.3 is 14.7 Å². The first-order chi connectivity index (χ1) is 2.00. The van der Waals surface area contributed by atoms with Gasteiger partial charge in [-0.1, -0.05) is 0 Å². The van der Waals surface area contributed by atoms with Crippen molar-refractivity contribution in [2.75, 3.05) is 0 Å². The molecule has 0 aromatic carbocycles. The van der Waals surface area contributed by atoms with Crippen molar-refractivity contribution >= 4 is 75.1 Å². The minimum absolute atomic E-state index is 0. The van der Waals surface area contributed by atoms with Crippen LogP contribution in [0.2, 0.25) is 0 Å². The summed E-state index contributed by atoms with van der Waals surface area (Å²) in [5.74, 6) is 0. The molecule has 0 atom stereocenters. The van der Waals surface area contributed by atoms with Crippen LogP contribution in [0.15, 0.2) is 0 Å². The molecule has 42 valence electrons. The minimum Gasteiger partial charge on any atom is 0 e. The van der Waals surface area contributed by atoms with Gasteiger partial charge in [0.05, 0.1) is 0 Å². The molecule has 0 radical (unpaired) electrons. The summed E-state index contributed by atoms with van der Waals surface area (Å²) >= 11 is 0. The summed E-state index contributed by atoms with van der Waals surface area (Å²) in [6.45, 7) is 0. The zero-order valence-electron chi connectivity index (χ0n) is 2.70. The summed E-state index contributed by atoms with van der Waals surface area (Å²) < 4.78 is 8.88. The standard InChI is InChI=1S/Ca.Na.H3O4P.Zr.3H/c;;1-5(2,3)4;;;;/h;;(H3,1,2,3,4);;;;. The Labute approximate surface area is 118 Å². The van der Waals surface area contributed by atoms with Gasteiger partial charge in [0, 0.05) is 26.2 Å². The van der Waals surface area contributed by atoms with E-state index in [-0.39, 0.29) is 93.5 Å². The first-order valence-electron chi connectivity index (χ1n) is 0.783. The molecule has 4 nitrogen and oxygen atoms in total. The summed E-state index contributed by atoms with van der Waals surface area (Å²) in [5.41, 5.74) is 0. The molecule has 0 saturated carbocycles. The van der Waals surface area contributed by atoms with Crippen molar-refractivity contribution in [3.8, 4) is 0 Å². The summed E-state index contributed by atoms with van der Waals surface area (Å²) in [7, 11) is -4.64. The topological polar surface area (TPSA) is 77.8 Å². The predicted octanol–water partition coefficient (Wildman–Crippen LogP) is -2.50. The molecule has 0 aliphatic carbocycles. The van der Waals surface area contributed by atoms with Gasteiger partial charge in [0.2, 0.25) is 0 Å². The van der Waals surface area contributed by atoms with Crippen LogP contribution in [0.25, 0.3) is 0 Å². The Bertz CT molecular complexity index is 62.2. The molecule has 0 rings (SSSR count). The number of hydrogen-bond donors (Lipinski definition) is 3. The molecule has 0 unspecified atom stereocenters. The van der Waals surface area contributed by atoms with Crippen LogP contribution in [0.3, 0.4) is 0 Å². The normalized spacial score (nSPS) is 7.38. The molecule has 0 saturated heterocycles. The van der Waals surface area contributed by atoms with E-state index >= 15 is 0 Å². The number of rotatable bonds is 0. The molecule has 0 fully saturated rings.